The molecule has 19 heavy (non-hydrogen) atoms. The Bertz CT molecular complexity index is 584. The molecule has 3 nitrogen and oxygen atoms in total. The van der Waals surface area contributed by atoms with Gasteiger partial charge in [0.05, 0.1) is 5.56 Å². The van der Waals surface area contributed by atoms with Crippen molar-refractivity contribution in [2.24, 2.45) is 0 Å². The lowest BCUT2D eigenvalue weighted by Crippen LogP contribution is -2.31. The summed E-state index contributed by atoms with van der Waals surface area (Å²) in [7, 11) is 0. The van der Waals surface area contributed by atoms with E-state index in [2.05, 4.69) is 0 Å². The van der Waals surface area contributed by atoms with Gasteiger partial charge in [-0.1, -0.05) is 29.8 Å². The Hall–Kier alpha value is -2.00. The van der Waals surface area contributed by atoms with E-state index < -0.39 is 0 Å². The van der Waals surface area contributed by atoms with Crippen molar-refractivity contribution >= 4 is 28.9 Å². The zero-order chi connectivity index (χ0) is 13.8. The van der Waals surface area contributed by atoms with Crippen molar-refractivity contribution in [2.45, 2.75) is 6.92 Å². The summed E-state index contributed by atoms with van der Waals surface area (Å²) in [5.41, 5.74) is 7.58. The van der Waals surface area contributed by atoms with Crippen molar-refractivity contribution in [2.75, 3.05) is 17.2 Å². The number of benzene rings is 2. The second kappa shape index (κ2) is 5.76. The number of carbonyl (C=O) groups excluding carboxylic acids is 1. The molecule has 4 heteroatoms. The average Bonchev–Trinajstić information content (AvgIpc) is 2.40. The van der Waals surface area contributed by atoms with Gasteiger partial charge in [0.15, 0.2) is 0 Å². The molecule has 2 aromatic rings. The van der Waals surface area contributed by atoms with Crippen molar-refractivity contribution in [3.05, 3.63) is 59.1 Å². The van der Waals surface area contributed by atoms with Crippen LogP contribution in [0.4, 0.5) is 11.4 Å². The molecule has 0 unspecified atom stereocenters. The van der Waals surface area contributed by atoms with Gasteiger partial charge in [-0.15, -0.1) is 0 Å². The van der Waals surface area contributed by atoms with Crippen LogP contribution in [0.15, 0.2) is 48.5 Å². The summed E-state index contributed by atoms with van der Waals surface area (Å²) in [5, 5.41) is 0.525. The number of nitrogens with two attached hydrogens (primary N) is 1. The van der Waals surface area contributed by atoms with Gasteiger partial charge >= 0.3 is 0 Å². The number of halogens is 1. The minimum atomic E-state index is -0.122. The Morgan fingerprint density at radius 1 is 1.21 bits per heavy atom. The number of nitrogens with zero attached hydrogens (tertiary/aromatic N) is 1. The predicted octanol–water partition coefficient (Wildman–Crippen LogP) is 3.59. The number of amides is 1. The quantitative estimate of drug-likeness (QED) is 0.870. The molecule has 0 saturated heterocycles. The SMILES string of the molecule is CCN(C(=O)c1ccc(Cl)cc1N)c1ccccc1. The van der Waals surface area contributed by atoms with Crippen LogP contribution in [0.2, 0.25) is 5.02 Å². The first-order valence-corrected chi connectivity index (χ1v) is 6.43. The lowest BCUT2D eigenvalue weighted by Gasteiger charge is -2.21. The van der Waals surface area contributed by atoms with E-state index in [-0.39, 0.29) is 5.91 Å². The summed E-state index contributed by atoms with van der Waals surface area (Å²) in [6.07, 6.45) is 0. The van der Waals surface area contributed by atoms with Crippen LogP contribution in [0, 0.1) is 0 Å². The van der Waals surface area contributed by atoms with Gasteiger partial charge in [0.2, 0.25) is 0 Å². The minimum absolute atomic E-state index is 0.122. The number of hydrogen-bond acceptors (Lipinski definition) is 2. The lowest BCUT2D eigenvalue weighted by atomic mass is 10.1. The largest absolute Gasteiger partial charge is 0.398 e. The zero-order valence-corrected chi connectivity index (χ0v) is 11.4. The third-order valence-corrected chi connectivity index (χ3v) is 3.11. The normalized spacial score (nSPS) is 10.2. The molecule has 0 saturated carbocycles. The smallest absolute Gasteiger partial charge is 0.260 e. The molecule has 1 amide bonds. The van der Waals surface area contributed by atoms with Gasteiger partial charge in [0.1, 0.15) is 0 Å². The third-order valence-electron chi connectivity index (χ3n) is 2.87. The van der Waals surface area contributed by atoms with Gasteiger partial charge in [-0.3, -0.25) is 4.79 Å². The average molecular weight is 275 g/mol. The third kappa shape index (κ3) is 2.88. The molecule has 2 rings (SSSR count). The zero-order valence-electron chi connectivity index (χ0n) is 10.6. The fourth-order valence-corrected chi connectivity index (χ4v) is 2.11. The molecule has 0 spiro atoms. The van der Waals surface area contributed by atoms with E-state index in [4.69, 9.17) is 17.3 Å². The van der Waals surface area contributed by atoms with Gasteiger partial charge in [-0.05, 0) is 37.3 Å². The van der Waals surface area contributed by atoms with Crippen LogP contribution in [0.25, 0.3) is 0 Å². The summed E-state index contributed by atoms with van der Waals surface area (Å²) in [4.78, 5) is 14.2. The molecule has 0 fully saturated rings. The number of carbonyl (C=O) groups is 1. The molecular formula is C15H15ClN2O. The predicted molar refractivity (Wildman–Crippen MR) is 79.7 cm³/mol. The molecule has 98 valence electrons. The fraction of sp³-hybridized carbons (Fsp3) is 0.133. The Kier molecular flexibility index (Phi) is 4.07. The van der Waals surface area contributed by atoms with Crippen LogP contribution >= 0.6 is 11.6 Å². The minimum Gasteiger partial charge on any atom is -0.398 e. The molecule has 0 aliphatic carbocycles. The summed E-state index contributed by atoms with van der Waals surface area (Å²) in [6.45, 7) is 2.50. The van der Waals surface area contributed by atoms with E-state index in [1.165, 1.54) is 0 Å². The van der Waals surface area contributed by atoms with Crippen LogP contribution in [0.3, 0.4) is 0 Å². The highest BCUT2D eigenvalue weighted by molar-refractivity contribution is 6.31. The second-order valence-corrected chi connectivity index (χ2v) is 4.55. The van der Waals surface area contributed by atoms with Gasteiger partial charge in [-0.25, -0.2) is 0 Å². The van der Waals surface area contributed by atoms with Gasteiger partial charge in [0.25, 0.3) is 5.91 Å². The highest BCUT2D eigenvalue weighted by atomic mass is 35.5. The summed E-state index contributed by atoms with van der Waals surface area (Å²) in [5.74, 6) is -0.122. The summed E-state index contributed by atoms with van der Waals surface area (Å²) >= 11 is 5.85. The maximum absolute atomic E-state index is 12.5. The number of rotatable bonds is 3. The Labute approximate surface area is 117 Å². The van der Waals surface area contributed by atoms with Crippen molar-refractivity contribution in [3.63, 3.8) is 0 Å². The first-order valence-electron chi connectivity index (χ1n) is 6.05. The molecule has 0 aliphatic heterocycles. The second-order valence-electron chi connectivity index (χ2n) is 4.12. The Morgan fingerprint density at radius 3 is 2.47 bits per heavy atom. The molecule has 0 heterocycles. The monoisotopic (exact) mass is 274 g/mol. The molecule has 2 N–H and O–H groups in total. The first-order chi connectivity index (χ1) is 9.13. The standard InChI is InChI=1S/C15H15ClN2O/c1-2-18(12-6-4-3-5-7-12)15(19)13-9-8-11(16)10-14(13)17/h3-10H,2,17H2,1H3. The fourth-order valence-electron chi connectivity index (χ4n) is 1.93. The number of nitrogen functional groups attached to an aromatic ring is 1. The molecule has 0 aliphatic rings. The number of para-hydroxylation sites is 1. The van der Waals surface area contributed by atoms with Crippen LogP contribution in [0.5, 0.6) is 0 Å². The van der Waals surface area contributed by atoms with Crippen molar-refractivity contribution < 1.29 is 4.79 Å². The van der Waals surface area contributed by atoms with E-state index in [9.17, 15) is 4.79 Å². The first kappa shape index (κ1) is 13.4. The Morgan fingerprint density at radius 2 is 1.89 bits per heavy atom. The molecule has 0 radical (unpaired) electrons. The molecule has 0 atom stereocenters. The van der Waals surface area contributed by atoms with E-state index in [0.29, 0.717) is 22.8 Å². The van der Waals surface area contributed by atoms with E-state index >= 15 is 0 Å². The van der Waals surface area contributed by atoms with Crippen LogP contribution in [-0.4, -0.2) is 12.5 Å². The number of hydrogen-bond donors (Lipinski definition) is 1. The summed E-state index contributed by atoms with van der Waals surface area (Å²) in [6, 6.07) is 14.4. The Balaban J connectivity index is 2.36. The topological polar surface area (TPSA) is 46.3 Å². The van der Waals surface area contributed by atoms with Crippen molar-refractivity contribution in [3.8, 4) is 0 Å². The van der Waals surface area contributed by atoms with Gasteiger partial charge in [-0.2, -0.15) is 0 Å². The van der Waals surface area contributed by atoms with Gasteiger partial charge < -0.3 is 10.6 Å². The van der Waals surface area contributed by atoms with Gasteiger partial charge in [0, 0.05) is 22.9 Å². The molecule has 0 aromatic heterocycles. The van der Waals surface area contributed by atoms with Crippen LogP contribution in [-0.2, 0) is 0 Å². The van der Waals surface area contributed by atoms with E-state index in [1.807, 2.05) is 37.3 Å². The lowest BCUT2D eigenvalue weighted by molar-refractivity contribution is 0.0989. The molecular weight excluding hydrogens is 260 g/mol. The maximum Gasteiger partial charge on any atom is 0.260 e. The van der Waals surface area contributed by atoms with E-state index in [0.717, 1.165) is 5.69 Å². The molecule has 0 bridgehead atoms. The van der Waals surface area contributed by atoms with E-state index in [1.54, 1.807) is 23.1 Å². The van der Waals surface area contributed by atoms with Crippen LogP contribution < -0.4 is 10.6 Å². The highest BCUT2D eigenvalue weighted by Crippen LogP contribution is 2.22. The maximum atomic E-state index is 12.5. The number of anilines is 2. The highest BCUT2D eigenvalue weighted by Gasteiger charge is 2.18. The van der Waals surface area contributed by atoms with Crippen LogP contribution in [0.1, 0.15) is 17.3 Å². The van der Waals surface area contributed by atoms with Crippen molar-refractivity contribution in [1.82, 2.24) is 0 Å². The summed E-state index contributed by atoms with van der Waals surface area (Å²) < 4.78 is 0. The van der Waals surface area contributed by atoms with Crippen molar-refractivity contribution in [1.29, 1.82) is 0 Å². The molecule has 2 aromatic carbocycles.